The number of aromatic carboxylic acids is 6. The zero-order chi connectivity index (χ0) is 91.2. The molecule has 18 rings (SSSR count). The Balaban J connectivity index is 0.000000131. The number of hydrogen-bond donors (Lipinski definition) is 6. The molecule has 0 saturated heterocycles. The highest BCUT2D eigenvalue weighted by Crippen LogP contribution is 2.34. The molecule has 0 radical (unpaired) electrons. The lowest BCUT2D eigenvalue weighted by molar-refractivity contribution is -0.275. The molecule has 0 aliphatic heterocycles. The minimum absolute atomic E-state index is 0.0679. The normalized spacial score (nSPS) is 11.2. The van der Waals surface area contributed by atoms with Crippen molar-refractivity contribution in [2.45, 2.75) is 12.7 Å². The van der Waals surface area contributed by atoms with Gasteiger partial charge in [0.05, 0.1) is 88.6 Å². The summed E-state index contributed by atoms with van der Waals surface area (Å²) in [5.41, 5.74) is 7.33. The average molecular weight is 1770 g/mol. The van der Waals surface area contributed by atoms with Gasteiger partial charge in [0.2, 0.25) is 0 Å². The number of halogens is 15. The molecule has 6 aromatic heterocycles. The van der Waals surface area contributed by atoms with E-state index in [0.29, 0.717) is 66.4 Å². The number of rotatable bonds is 14. The maximum Gasteiger partial charge on any atom is 0.573 e. The number of carbonyl (C=O) groups is 6. The molecule has 0 fully saturated rings. The van der Waals surface area contributed by atoms with Crippen molar-refractivity contribution in [2.24, 2.45) is 0 Å². The fourth-order valence-electron chi connectivity index (χ4n) is 13.3. The standard InChI is InChI=1S/2C16H10F3NO3.C15H9ClFNO2.C15H8F3NO2.2C15H9F2NO2/c17-16(18,19)23-13-4-2-12(3-5-13)20-8-7-10-9-11(15(21)22)1-6-14(10)20;17-16(18,19)23-13-3-1-2-12(9-13)20-7-6-10-8-11(15(21)22)4-5-14(10)20;16-12-3-2-11(8-13(12)17)18-6-5-9-7-10(15(19)20)1-4-14(9)18;16-11-6-10(7-12(17)14(11)18)19-4-3-8-5-9(15(20)21)1-2-13(8)19;16-11-2-3-12(17)14(8-11)18-6-5-9-7-10(15(19)20)1-4-13(9)18;16-11-6-12(17)8-13(7-11)18-4-3-9-5-10(15(19)20)1-2-14(9)18/h2*1-9H,(H,21,22);1-8H,(H,19,20);1-7H,(H,20,21);2*1-8H,(H,19,20). The Morgan fingerprint density at radius 3 is 0.921 bits per heavy atom. The first-order chi connectivity index (χ1) is 60.3. The molecule has 0 atom stereocenters. The first kappa shape index (κ1) is 88.4. The van der Waals surface area contributed by atoms with Crippen molar-refractivity contribution in [2.75, 3.05) is 0 Å². The Morgan fingerprint density at radius 2 is 0.567 bits per heavy atom. The Kier molecular flexibility index (Phi) is 25.6. The van der Waals surface area contributed by atoms with Crippen molar-refractivity contribution in [3.05, 3.63) is 383 Å². The summed E-state index contributed by atoms with van der Waals surface area (Å²) in [7, 11) is 0. The summed E-state index contributed by atoms with van der Waals surface area (Å²) in [6.45, 7) is 0. The van der Waals surface area contributed by atoms with Gasteiger partial charge in [0.1, 0.15) is 40.6 Å². The number of benzene rings is 12. The second-order valence-corrected chi connectivity index (χ2v) is 27.6. The van der Waals surface area contributed by atoms with Gasteiger partial charge in [-0.05, 0) is 224 Å². The summed E-state index contributed by atoms with van der Waals surface area (Å²) in [5, 5.41) is 57.9. The summed E-state index contributed by atoms with van der Waals surface area (Å²) in [5.74, 6) is -13.8. The summed E-state index contributed by atoms with van der Waals surface area (Å²) in [6, 6.07) is 61.4. The van der Waals surface area contributed by atoms with E-state index < -0.39 is 95.1 Å². The van der Waals surface area contributed by atoms with E-state index in [-0.39, 0.29) is 61.3 Å². The van der Waals surface area contributed by atoms with Crippen LogP contribution in [0.4, 0.5) is 61.5 Å². The zero-order valence-corrected chi connectivity index (χ0v) is 64.8. The zero-order valence-electron chi connectivity index (χ0n) is 64.1. The molecule has 18 aromatic rings. The van der Waals surface area contributed by atoms with E-state index in [1.165, 1.54) is 155 Å². The molecule has 12 aromatic carbocycles. The van der Waals surface area contributed by atoms with Gasteiger partial charge in [-0.1, -0.05) is 17.7 Å². The van der Waals surface area contributed by atoms with Crippen molar-refractivity contribution >= 4 is 113 Å². The van der Waals surface area contributed by atoms with Crippen molar-refractivity contribution in [1.82, 2.24) is 27.4 Å². The molecule has 0 bridgehead atoms. The van der Waals surface area contributed by atoms with Crippen molar-refractivity contribution < 1.29 is 130 Å². The molecule has 0 aliphatic rings. The van der Waals surface area contributed by atoms with Crippen LogP contribution in [0.2, 0.25) is 5.02 Å². The lowest BCUT2D eigenvalue weighted by Crippen LogP contribution is -2.17. The number of hydrogen-bond acceptors (Lipinski definition) is 8. The Bertz CT molecular complexity index is 7270. The average Bonchev–Trinajstić information content (AvgIpc) is 1.68. The third-order valence-corrected chi connectivity index (χ3v) is 19.3. The summed E-state index contributed by atoms with van der Waals surface area (Å²) >= 11 is 5.67. The molecule has 0 saturated carbocycles. The number of fused-ring (bicyclic) bond motifs is 6. The quantitative estimate of drug-likeness (QED) is 0.0437. The minimum atomic E-state index is -4.76. The van der Waals surface area contributed by atoms with Crippen LogP contribution in [0.1, 0.15) is 62.1 Å². The van der Waals surface area contributed by atoms with Gasteiger partial charge in [-0.15, -0.1) is 26.3 Å². The van der Waals surface area contributed by atoms with E-state index in [9.17, 15) is 90.2 Å². The van der Waals surface area contributed by atoms with Crippen LogP contribution < -0.4 is 9.47 Å². The Morgan fingerprint density at radius 1 is 0.260 bits per heavy atom. The van der Waals surface area contributed by atoms with E-state index in [1.807, 2.05) is 0 Å². The van der Waals surface area contributed by atoms with Crippen molar-refractivity contribution in [3.8, 4) is 45.6 Å². The van der Waals surface area contributed by atoms with E-state index in [4.69, 9.17) is 42.2 Å². The van der Waals surface area contributed by atoms with Crippen LogP contribution in [0.3, 0.4) is 0 Å². The fraction of sp³-hybridized carbons (Fsp3) is 0.0217. The minimum Gasteiger partial charge on any atom is -0.478 e. The van der Waals surface area contributed by atoms with Gasteiger partial charge in [-0.2, -0.15) is 0 Å². The number of nitrogens with zero attached hydrogens (tertiary/aromatic N) is 6. The van der Waals surface area contributed by atoms with Gasteiger partial charge in [-0.3, -0.25) is 0 Å². The van der Waals surface area contributed by atoms with Gasteiger partial charge >= 0.3 is 48.5 Å². The summed E-state index contributed by atoms with van der Waals surface area (Å²) in [4.78, 5) is 65.6. The van der Waals surface area contributed by atoms with E-state index >= 15 is 0 Å². The van der Waals surface area contributed by atoms with Crippen LogP contribution in [0.5, 0.6) is 11.5 Å². The number of aromatic nitrogens is 6. The lowest BCUT2D eigenvalue weighted by atomic mass is 10.1. The monoisotopic (exact) mass is 1770 g/mol. The molecule has 0 unspecified atom stereocenters. The Labute approximate surface area is 708 Å². The molecule has 0 aliphatic carbocycles. The number of carboxylic acid groups (broad SMARTS) is 6. The third-order valence-electron chi connectivity index (χ3n) is 19.0. The maximum atomic E-state index is 13.8. The molecule has 35 heteroatoms. The van der Waals surface area contributed by atoms with Crippen LogP contribution in [-0.2, 0) is 0 Å². The SMILES string of the molecule is O=C(O)c1ccc2c(ccn2-c2cc(F)c(F)c(F)c2)c1.O=C(O)c1ccc2c(ccn2-c2cc(F)cc(F)c2)c1.O=C(O)c1ccc2c(ccn2-c2cc(F)ccc2F)c1.O=C(O)c1ccc2c(ccn2-c2ccc(Cl)c(F)c2)c1.O=C(O)c1ccc2c(ccn2-c2ccc(OC(F)(F)F)cc2)c1.O=C(O)c1ccc2c(ccn2-c2cccc(OC(F)(F)F)c2)c1. The maximum absolute atomic E-state index is 13.8. The van der Waals surface area contributed by atoms with Crippen LogP contribution in [-0.4, -0.2) is 107 Å². The molecule has 6 heterocycles. The largest absolute Gasteiger partial charge is 0.573 e. The van der Waals surface area contributed by atoms with Gasteiger partial charge in [0.25, 0.3) is 0 Å². The highest BCUT2D eigenvalue weighted by Gasteiger charge is 2.32. The topological polar surface area (TPSA) is 272 Å². The molecular weight excluding hydrogens is 1710 g/mol. The molecule has 0 spiro atoms. The predicted molar refractivity (Wildman–Crippen MR) is 439 cm³/mol. The highest BCUT2D eigenvalue weighted by atomic mass is 35.5. The highest BCUT2D eigenvalue weighted by molar-refractivity contribution is 6.30. The molecule has 20 nitrogen and oxygen atoms in total. The summed E-state index contributed by atoms with van der Waals surface area (Å²) < 4.78 is 197. The van der Waals surface area contributed by atoms with Crippen LogP contribution in [0.25, 0.3) is 99.5 Å². The molecule has 642 valence electrons. The second-order valence-electron chi connectivity index (χ2n) is 27.2. The molecule has 0 amide bonds. The third kappa shape index (κ3) is 20.7. The second kappa shape index (κ2) is 36.7. The van der Waals surface area contributed by atoms with Crippen LogP contribution >= 0.6 is 11.6 Å². The first-order valence-electron chi connectivity index (χ1n) is 36.6. The number of carboxylic acids is 6. The molecule has 127 heavy (non-hydrogen) atoms. The van der Waals surface area contributed by atoms with Crippen LogP contribution in [0, 0.1) is 46.5 Å². The molecule has 6 N–H and O–H groups in total. The fourth-order valence-corrected chi connectivity index (χ4v) is 13.4. The van der Waals surface area contributed by atoms with Crippen molar-refractivity contribution in [3.63, 3.8) is 0 Å². The number of ether oxygens (including phenoxy) is 2. The molecular formula is C92H55ClF14N6O14. The Hall–Kier alpha value is -16.4. The van der Waals surface area contributed by atoms with E-state index in [2.05, 4.69) is 9.47 Å². The predicted octanol–water partition coefficient (Wildman–Crippen LogP) is 23.5. The number of alkyl halides is 6. The van der Waals surface area contributed by atoms with Gasteiger partial charge in [-0.25, -0.2) is 63.9 Å². The van der Waals surface area contributed by atoms with Crippen LogP contribution in [0.15, 0.2) is 298 Å². The summed E-state index contributed by atoms with van der Waals surface area (Å²) in [6.07, 6.45) is 0.404. The van der Waals surface area contributed by atoms with Gasteiger partial charge < -0.3 is 67.5 Å². The lowest BCUT2D eigenvalue weighted by Gasteiger charge is -2.11. The first-order valence-corrected chi connectivity index (χ1v) is 37.0. The van der Waals surface area contributed by atoms with Gasteiger partial charge in [0, 0.05) is 117 Å². The van der Waals surface area contributed by atoms with Crippen molar-refractivity contribution in [1.29, 1.82) is 0 Å². The van der Waals surface area contributed by atoms with E-state index in [1.54, 1.807) is 134 Å². The smallest absolute Gasteiger partial charge is 0.478 e. The van der Waals surface area contributed by atoms with E-state index in [0.717, 1.165) is 58.2 Å². The van der Waals surface area contributed by atoms with Gasteiger partial charge in [0.15, 0.2) is 17.5 Å².